The minimum Gasteiger partial charge on any atom is -0.382 e. The lowest BCUT2D eigenvalue weighted by Crippen LogP contribution is -2.20. The molecule has 2 atom stereocenters. The highest BCUT2D eigenvalue weighted by atomic mass is 79.9. The summed E-state index contributed by atoms with van der Waals surface area (Å²) in [4.78, 5) is 0. The van der Waals surface area contributed by atoms with Crippen molar-refractivity contribution in [1.82, 2.24) is 0 Å². The van der Waals surface area contributed by atoms with E-state index in [9.17, 15) is 0 Å². The molecular formula is C12H17BrN2. The minimum absolute atomic E-state index is 0.385. The predicted molar refractivity (Wildman–Crippen MR) is 68.1 cm³/mol. The second kappa shape index (κ2) is 4.54. The van der Waals surface area contributed by atoms with E-state index in [4.69, 9.17) is 5.73 Å². The highest BCUT2D eigenvalue weighted by molar-refractivity contribution is 9.10. The average Bonchev–Trinajstić information content (AvgIpc) is 2.49. The van der Waals surface area contributed by atoms with Crippen LogP contribution in [0.5, 0.6) is 0 Å². The van der Waals surface area contributed by atoms with Gasteiger partial charge in [0.1, 0.15) is 0 Å². The molecule has 0 spiro atoms. The molecule has 82 valence electrons. The molecular weight excluding hydrogens is 252 g/mol. The summed E-state index contributed by atoms with van der Waals surface area (Å²) in [6.07, 6.45) is 3.42. The molecule has 0 radical (unpaired) electrons. The van der Waals surface area contributed by atoms with Crippen LogP contribution in [0.2, 0.25) is 0 Å². The third-order valence-corrected chi connectivity index (χ3v) is 3.34. The van der Waals surface area contributed by atoms with E-state index in [-0.39, 0.29) is 0 Å². The van der Waals surface area contributed by atoms with Crippen LogP contribution in [-0.4, -0.2) is 12.1 Å². The number of aryl methyl sites for hydroxylation is 1. The number of halogens is 1. The fourth-order valence-electron chi connectivity index (χ4n) is 2.20. The van der Waals surface area contributed by atoms with Crippen molar-refractivity contribution in [2.45, 2.75) is 38.3 Å². The van der Waals surface area contributed by atoms with Crippen molar-refractivity contribution in [3.63, 3.8) is 0 Å². The van der Waals surface area contributed by atoms with Gasteiger partial charge in [0.15, 0.2) is 0 Å². The zero-order valence-corrected chi connectivity index (χ0v) is 10.5. The van der Waals surface area contributed by atoms with Crippen molar-refractivity contribution >= 4 is 21.6 Å². The summed E-state index contributed by atoms with van der Waals surface area (Å²) in [5, 5.41) is 3.54. The molecule has 0 aromatic heterocycles. The monoisotopic (exact) mass is 268 g/mol. The summed E-state index contributed by atoms with van der Waals surface area (Å²) in [5.41, 5.74) is 8.36. The van der Waals surface area contributed by atoms with Gasteiger partial charge in [-0.1, -0.05) is 15.9 Å². The maximum atomic E-state index is 5.89. The Morgan fingerprint density at radius 3 is 2.73 bits per heavy atom. The minimum atomic E-state index is 0.385. The highest BCUT2D eigenvalue weighted by Crippen LogP contribution is 2.24. The second-order valence-electron chi connectivity index (χ2n) is 4.43. The standard InChI is InChI=1S/C12H17BrN2/c1-8-4-9(13)6-12(5-8)15-11-3-2-10(14)7-11/h4-6,10-11,15H,2-3,7,14H2,1H3. The van der Waals surface area contributed by atoms with Crippen LogP contribution in [-0.2, 0) is 0 Å². The summed E-state index contributed by atoms with van der Waals surface area (Å²) >= 11 is 3.51. The van der Waals surface area contributed by atoms with Crippen LogP contribution >= 0.6 is 15.9 Å². The Balaban J connectivity index is 2.04. The van der Waals surface area contributed by atoms with Gasteiger partial charge in [0, 0.05) is 22.2 Å². The smallest absolute Gasteiger partial charge is 0.0356 e. The number of nitrogens with one attached hydrogen (secondary N) is 1. The maximum absolute atomic E-state index is 5.89. The van der Waals surface area contributed by atoms with E-state index in [1.165, 1.54) is 17.7 Å². The van der Waals surface area contributed by atoms with Gasteiger partial charge < -0.3 is 11.1 Å². The van der Waals surface area contributed by atoms with Crippen molar-refractivity contribution in [2.24, 2.45) is 5.73 Å². The van der Waals surface area contributed by atoms with Gasteiger partial charge in [0.05, 0.1) is 0 Å². The third-order valence-electron chi connectivity index (χ3n) is 2.89. The number of nitrogens with two attached hydrogens (primary N) is 1. The van der Waals surface area contributed by atoms with Crippen molar-refractivity contribution in [2.75, 3.05) is 5.32 Å². The SMILES string of the molecule is Cc1cc(Br)cc(NC2CCC(N)C2)c1. The number of benzene rings is 1. The van der Waals surface area contributed by atoms with E-state index in [1.54, 1.807) is 0 Å². The molecule has 0 bridgehead atoms. The molecule has 1 aromatic carbocycles. The average molecular weight is 269 g/mol. The molecule has 15 heavy (non-hydrogen) atoms. The first kappa shape index (κ1) is 11.0. The maximum Gasteiger partial charge on any atom is 0.0356 e. The Hall–Kier alpha value is -0.540. The van der Waals surface area contributed by atoms with Crippen LogP contribution in [0, 0.1) is 6.92 Å². The van der Waals surface area contributed by atoms with Gasteiger partial charge in [-0.15, -0.1) is 0 Å². The molecule has 3 heteroatoms. The van der Waals surface area contributed by atoms with E-state index < -0.39 is 0 Å². The molecule has 1 aliphatic rings. The first-order valence-electron chi connectivity index (χ1n) is 5.43. The largest absolute Gasteiger partial charge is 0.382 e. The zero-order valence-electron chi connectivity index (χ0n) is 8.96. The molecule has 1 aliphatic carbocycles. The summed E-state index contributed by atoms with van der Waals surface area (Å²) in [6.45, 7) is 2.11. The van der Waals surface area contributed by atoms with Gasteiger partial charge in [0.25, 0.3) is 0 Å². The molecule has 1 fully saturated rings. The lowest BCUT2D eigenvalue weighted by atomic mass is 10.2. The Morgan fingerprint density at radius 2 is 2.13 bits per heavy atom. The molecule has 1 aromatic rings. The van der Waals surface area contributed by atoms with E-state index in [0.717, 1.165) is 17.3 Å². The Morgan fingerprint density at radius 1 is 1.33 bits per heavy atom. The molecule has 0 saturated heterocycles. The second-order valence-corrected chi connectivity index (χ2v) is 5.35. The van der Waals surface area contributed by atoms with Gasteiger partial charge in [0.2, 0.25) is 0 Å². The van der Waals surface area contributed by atoms with Crippen molar-refractivity contribution in [3.8, 4) is 0 Å². The van der Waals surface area contributed by atoms with Gasteiger partial charge in [-0.2, -0.15) is 0 Å². The van der Waals surface area contributed by atoms with Crippen molar-refractivity contribution in [3.05, 3.63) is 28.2 Å². The summed E-state index contributed by atoms with van der Waals surface area (Å²) in [7, 11) is 0. The molecule has 2 unspecified atom stereocenters. The van der Waals surface area contributed by atoms with Gasteiger partial charge in [-0.3, -0.25) is 0 Å². The summed E-state index contributed by atoms with van der Waals surface area (Å²) in [6, 6.07) is 7.35. The Bertz CT molecular complexity index is 331. The quantitative estimate of drug-likeness (QED) is 0.866. The molecule has 1 saturated carbocycles. The lowest BCUT2D eigenvalue weighted by molar-refractivity contribution is 0.688. The molecule has 0 heterocycles. The fraction of sp³-hybridized carbons (Fsp3) is 0.500. The van der Waals surface area contributed by atoms with Crippen molar-refractivity contribution in [1.29, 1.82) is 0 Å². The Kier molecular flexibility index (Phi) is 3.32. The first-order chi connectivity index (χ1) is 7.13. The molecule has 2 nitrogen and oxygen atoms in total. The van der Waals surface area contributed by atoms with Crippen LogP contribution in [0.1, 0.15) is 24.8 Å². The first-order valence-corrected chi connectivity index (χ1v) is 6.22. The van der Waals surface area contributed by atoms with Gasteiger partial charge in [-0.25, -0.2) is 0 Å². The number of hydrogen-bond acceptors (Lipinski definition) is 2. The van der Waals surface area contributed by atoms with E-state index in [1.807, 2.05) is 0 Å². The topological polar surface area (TPSA) is 38.0 Å². The van der Waals surface area contributed by atoms with Gasteiger partial charge >= 0.3 is 0 Å². The van der Waals surface area contributed by atoms with E-state index in [0.29, 0.717) is 12.1 Å². The van der Waals surface area contributed by atoms with Crippen LogP contribution in [0.3, 0.4) is 0 Å². The van der Waals surface area contributed by atoms with Crippen molar-refractivity contribution < 1.29 is 0 Å². The summed E-state index contributed by atoms with van der Waals surface area (Å²) in [5.74, 6) is 0. The number of hydrogen-bond donors (Lipinski definition) is 2. The highest BCUT2D eigenvalue weighted by Gasteiger charge is 2.21. The molecule has 0 amide bonds. The zero-order chi connectivity index (χ0) is 10.8. The van der Waals surface area contributed by atoms with E-state index >= 15 is 0 Å². The molecule has 3 N–H and O–H groups in total. The van der Waals surface area contributed by atoms with Crippen LogP contribution in [0.15, 0.2) is 22.7 Å². The molecule has 2 rings (SSSR count). The summed E-state index contributed by atoms with van der Waals surface area (Å²) < 4.78 is 1.13. The van der Waals surface area contributed by atoms with Crippen LogP contribution in [0.25, 0.3) is 0 Å². The number of anilines is 1. The van der Waals surface area contributed by atoms with E-state index in [2.05, 4.69) is 46.4 Å². The number of rotatable bonds is 2. The van der Waals surface area contributed by atoms with Gasteiger partial charge in [-0.05, 0) is 49.9 Å². The molecule has 0 aliphatic heterocycles. The lowest BCUT2D eigenvalue weighted by Gasteiger charge is -2.14. The fourth-order valence-corrected chi connectivity index (χ4v) is 2.81. The van der Waals surface area contributed by atoms with Crippen LogP contribution < -0.4 is 11.1 Å². The Labute approximate surface area is 99.4 Å². The predicted octanol–water partition coefficient (Wildman–Crippen LogP) is 3.05. The van der Waals surface area contributed by atoms with Crippen LogP contribution in [0.4, 0.5) is 5.69 Å². The third kappa shape index (κ3) is 2.95. The normalized spacial score (nSPS) is 25.5.